The van der Waals surface area contributed by atoms with Crippen LogP contribution in [0.4, 0.5) is 5.69 Å². The normalized spacial score (nSPS) is 12.4. The van der Waals surface area contributed by atoms with Gasteiger partial charge in [-0.15, -0.1) is 0 Å². The molecule has 5 heteroatoms. The highest BCUT2D eigenvalue weighted by molar-refractivity contribution is 6.67. The van der Waals surface area contributed by atoms with Crippen molar-refractivity contribution in [1.82, 2.24) is 4.98 Å². The van der Waals surface area contributed by atoms with Crippen LogP contribution in [0.5, 0.6) is 0 Å². The minimum absolute atomic E-state index is 0.666. The first-order chi connectivity index (χ1) is 12.3. The summed E-state index contributed by atoms with van der Waals surface area (Å²) in [5.41, 5.74) is 13.0. The highest BCUT2D eigenvalue weighted by Gasteiger charge is 2.25. The Morgan fingerprint density at radius 2 is 2.04 bits per heavy atom. The molecule has 0 bridgehead atoms. The van der Waals surface area contributed by atoms with Crippen molar-refractivity contribution < 1.29 is 4.42 Å². The standard InChI is InChI=1S/C18H23BN3O.C2H6/c1-3-12-10-16(21-11-13-6-5-9-23-13)17-18(22-12)14(4-2)15(19-17)7-8-20;1-2/h5-6,9-10H,3-4,7-8,11,20H2,1-2H3,(H,21,22);1-2H3. The Hall–Kier alpha value is -2.01. The molecular formula is C20H29BN3O. The number of hydrogen-bond donors (Lipinski definition) is 2. The summed E-state index contributed by atoms with van der Waals surface area (Å²) in [6.07, 6.45) is 4.51. The summed E-state index contributed by atoms with van der Waals surface area (Å²) >= 11 is 0. The lowest BCUT2D eigenvalue weighted by Crippen LogP contribution is -2.22. The molecule has 0 saturated heterocycles. The Balaban J connectivity index is 0.00000109. The zero-order valence-corrected chi connectivity index (χ0v) is 15.9. The van der Waals surface area contributed by atoms with Gasteiger partial charge in [0.1, 0.15) is 5.76 Å². The maximum atomic E-state index is 5.77. The minimum atomic E-state index is 0.666. The lowest BCUT2D eigenvalue weighted by atomic mass is 9.65. The van der Waals surface area contributed by atoms with Crippen molar-refractivity contribution in [3.05, 3.63) is 47.1 Å². The molecule has 2 aromatic heterocycles. The Bertz CT molecular complexity index is 708. The predicted molar refractivity (Wildman–Crippen MR) is 107 cm³/mol. The third-order valence-corrected chi connectivity index (χ3v) is 4.27. The fraction of sp³-hybridized carbons (Fsp3) is 0.450. The Morgan fingerprint density at radius 3 is 2.64 bits per heavy atom. The average molecular weight is 338 g/mol. The van der Waals surface area contributed by atoms with E-state index in [2.05, 4.69) is 32.5 Å². The van der Waals surface area contributed by atoms with Crippen LogP contribution >= 0.6 is 0 Å². The van der Waals surface area contributed by atoms with E-state index >= 15 is 0 Å². The van der Waals surface area contributed by atoms with Crippen LogP contribution in [0.2, 0.25) is 0 Å². The van der Waals surface area contributed by atoms with E-state index in [1.165, 1.54) is 16.5 Å². The monoisotopic (exact) mass is 338 g/mol. The van der Waals surface area contributed by atoms with Crippen molar-refractivity contribution in [2.24, 2.45) is 5.73 Å². The van der Waals surface area contributed by atoms with Gasteiger partial charge in [-0.05, 0) is 55.0 Å². The third-order valence-electron chi connectivity index (χ3n) is 4.27. The van der Waals surface area contributed by atoms with Gasteiger partial charge in [-0.25, -0.2) is 0 Å². The Morgan fingerprint density at radius 1 is 1.24 bits per heavy atom. The minimum Gasteiger partial charge on any atom is -0.467 e. The number of anilines is 1. The maximum absolute atomic E-state index is 5.77. The van der Waals surface area contributed by atoms with Gasteiger partial charge in [-0.2, -0.15) is 0 Å². The van der Waals surface area contributed by atoms with E-state index in [-0.39, 0.29) is 0 Å². The fourth-order valence-corrected chi connectivity index (χ4v) is 3.09. The van der Waals surface area contributed by atoms with Gasteiger partial charge < -0.3 is 15.5 Å². The number of hydrogen-bond acceptors (Lipinski definition) is 4. The molecule has 0 aromatic carbocycles. The van der Waals surface area contributed by atoms with Crippen molar-refractivity contribution in [1.29, 1.82) is 0 Å². The predicted octanol–water partition coefficient (Wildman–Crippen LogP) is 3.69. The van der Waals surface area contributed by atoms with Gasteiger partial charge in [0.05, 0.1) is 18.5 Å². The van der Waals surface area contributed by atoms with Crippen LogP contribution in [0.3, 0.4) is 0 Å². The van der Waals surface area contributed by atoms with Crippen LogP contribution in [-0.4, -0.2) is 18.8 Å². The van der Waals surface area contributed by atoms with Crippen LogP contribution in [0, 0.1) is 0 Å². The van der Waals surface area contributed by atoms with Gasteiger partial charge in [-0.3, -0.25) is 4.98 Å². The van der Waals surface area contributed by atoms with Gasteiger partial charge in [0.25, 0.3) is 0 Å². The average Bonchev–Trinajstić information content (AvgIpc) is 3.28. The molecule has 133 valence electrons. The second-order valence-corrected chi connectivity index (χ2v) is 5.75. The molecule has 0 spiro atoms. The van der Waals surface area contributed by atoms with E-state index in [0.717, 1.165) is 42.1 Å². The number of rotatable bonds is 7. The second kappa shape index (κ2) is 9.47. The van der Waals surface area contributed by atoms with Gasteiger partial charge >= 0.3 is 0 Å². The summed E-state index contributed by atoms with van der Waals surface area (Å²) in [4.78, 5) is 4.87. The summed E-state index contributed by atoms with van der Waals surface area (Å²) in [6.45, 7) is 9.66. The Kier molecular flexibility index (Phi) is 7.32. The van der Waals surface area contributed by atoms with Crippen molar-refractivity contribution in [2.75, 3.05) is 11.9 Å². The first-order valence-electron chi connectivity index (χ1n) is 9.34. The molecule has 1 radical (unpaired) electrons. The number of fused-ring (bicyclic) bond motifs is 1. The summed E-state index contributed by atoms with van der Waals surface area (Å²) in [6, 6.07) is 6.04. The summed E-state index contributed by atoms with van der Waals surface area (Å²) < 4.78 is 5.42. The van der Waals surface area contributed by atoms with E-state index in [1.54, 1.807) is 6.26 Å². The van der Waals surface area contributed by atoms with Gasteiger partial charge in [0.2, 0.25) is 0 Å². The zero-order valence-electron chi connectivity index (χ0n) is 15.9. The highest BCUT2D eigenvalue weighted by Crippen LogP contribution is 2.29. The summed E-state index contributed by atoms with van der Waals surface area (Å²) in [5.74, 6) is 0.928. The van der Waals surface area contributed by atoms with E-state index in [4.69, 9.17) is 15.1 Å². The molecule has 0 unspecified atom stereocenters. The van der Waals surface area contributed by atoms with Crippen molar-refractivity contribution in [3.8, 4) is 0 Å². The van der Waals surface area contributed by atoms with Crippen LogP contribution in [0.1, 0.15) is 57.7 Å². The SMILES string of the molecule is CC.CCC1=C(CCN)[B]c2c(NCc3ccco3)cc(CC)nc21. The number of aromatic nitrogens is 1. The highest BCUT2D eigenvalue weighted by atomic mass is 16.3. The molecule has 0 atom stereocenters. The molecule has 1 aliphatic rings. The topological polar surface area (TPSA) is 64.1 Å². The molecule has 25 heavy (non-hydrogen) atoms. The molecule has 1 aliphatic heterocycles. The second-order valence-electron chi connectivity index (χ2n) is 5.75. The third kappa shape index (κ3) is 4.34. The number of furan rings is 1. The van der Waals surface area contributed by atoms with E-state index in [9.17, 15) is 0 Å². The smallest absolute Gasteiger partial charge is 0.192 e. The summed E-state index contributed by atoms with van der Waals surface area (Å²) in [7, 11) is 2.25. The van der Waals surface area contributed by atoms with Gasteiger partial charge in [0, 0.05) is 11.4 Å². The fourth-order valence-electron chi connectivity index (χ4n) is 3.09. The largest absolute Gasteiger partial charge is 0.467 e. The lowest BCUT2D eigenvalue weighted by Gasteiger charge is -2.13. The van der Waals surface area contributed by atoms with E-state index in [1.807, 2.05) is 26.0 Å². The molecule has 2 aromatic rings. The maximum Gasteiger partial charge on any atom is 0.192 e. The van der Waals surface area contributed by atoms with Crippen LogP contribution in [0.25, 0.3) is 5.57 Å². The number of aryl methyl sites for hydroxylation is 1. The number of allylic oxidation sites excluding steroid dienone is 1. The molecule has 0 fully saturated rings. The Labute approximate surface area is 152 Å². The number of nitrogens with one attached hydrogen (secondary N) is 1. The molecule has 4 nitrogen and oxygen atoms in total. The quantitative estimate of drug-likeness (QED) is 0.756. The molecule has 3 rings (SSSR count). The molecule has 3 heterocycles. The van der Waals surface area contributed by atoms with Gasteiger partial charge in [0.15, 0.2) is 7.28 Å². The molecule has 0 amide bonds. The van der Waals surface area contributed by atoms with Crippen LogP contribution in [0.15, 0.2) is 34.4 Å². The zero-order chi connectivity index (χ0) is 18.2. The molecule has 0 saturated carbocycles. The molecule has 0 aliphatic carbocycles. The van der Waals surface area contributed by atoms with Crippen molar-refractivity contribution in [2.45, 2.75) is 53.5 Å². The van der Waals surface area contributed by atoms with Crippen molar-refractivity contribution >= 4 is 24.0 Å². The van der Waals surface area contributed by atoms with Crippen LogP contribution < -0.4 is 16.5 Å². The molecular weight excluding hydrogens is 309 g/mol. The number of nitrogens with two attached hydrogens (primary N) is 1. The number of nitrogens with zero attached hydrogens (tertiary/aromatic N) is 1. The first-order valence-corrected chi connectivity index (χ1v) is 9.34. The van der Waals surface area contributed by atoms with Crippen LogP contribution in [-0.2, 0) is 13.0 Å². The number of pyridine rings is 1. The van der Waals surface area contributed by atoms with E-state index in [0.29, 0.717) is 13.1 Å². The van der Waals surface area contributed by atoms with Crippen molar-refractivity contribution in [3.63, 3.8) is 0 Å². The van der Waals surface area contributed by atoms with E-state index < -0.39 is 0 Å². The first kappa shape index (κ1) is 19.3. The lowest BCUT2D eigenvalue weighted by molar-refractivity contribution is 0.518. The van der Waals surface area contributed by atoms with Gasteiger partial charge in [-0.1, -0.05) is 33.2 Å². The summed E-state index contributed by atoms with van der Waals surface area (Å²) in [5, 5.41) is 3.51. The molecule has 3 N–H and O–H groups in total.